The summed E-state index contributed by atoms with van der Waals surface area (Å²) in [5, 5.41) is 12.1. The van der Waals surface area contributed by atoms with Gasteiger partial charge in [-0.1, -0.05) is 24.3 Å². The fourth-order valence-electron chi connectivity index (χ4n) is 4.98. The van der Waals surface area contributed by atoms with Crippen molar-refractivity contribution >= 4 is 22.7 Å². The number of carbonyl (C=O) groups excluding carboxylic acids is 1. The van der Waals surface area contributed by atoms with Crippen LogP contribution < -0.4 is 5.32 Å². The lowest BCUT2D eigenvalue weighted by atomic mass is 9.91. The number of hydrogen-bond acceptors (Lipinski definition) is 4. The average molecular weight is 449 g/mol. The predicted molar refractivity (Wildman–Crippen MR) is 127 cm³/mol. The van der Waals surface area contributed by atoms with Crippen LogP contribution in [0.2, 0.25) is 0 Å². The van der Waals surface area contributed by atoms with Crippen LogP contribution in [0.3, 0.4) is 0 Å². The number of rotatable bonds is 4. The highest BCUT2D eigenvalue weighted by molar-refractivity contribution is 6.32. The quantitative estimate of drug-likeness (QED) is 0.672. The lowest BCUT2D eigenvalue weighted by Crippen LogP contribution is -2.34. The van der Waals surface area contributed by atoms with Crippen LogP contribution in [0.25, 0.3) is 11.1 Å². The molecule has 0 unspecified atom stereocenters. The van der Waals surface area contributed by atoms with Gasteiger partial charge in [0, 0.05) is 24.3 Å². The van der Waals surface area contributed by atoms with Gasteiger partial charge in [-0.05, 0) is 81.1 Å². The molecule has 5 nitrogen and oxygen atoms in total. The van der Waals surface area contributed by atoms with Crippen molar-refractivity contribution in [3.8, 4) is 0 Å². The van der Waals surface area contributed by atoms with Crippen molar-refractivity contribution in [1.29, 1.82) is 0 Å². The van der Waals surface area contributed by atoms with Crippen molar-refractivity contribution in [2.24, 2.45) is 5.92 Å². The Kier molecular flexibility index (Phi) is 5.59. The first-order valence-electron chi connectivity index (χ1n) is 11.5. The zero-order chi connectivity index (χ0) is 23.2. The van der Waals surface area contributed by atoms with Gasteiger partial charge < -0.3 is 15.2 Å². The van der Waals surface area contributed by atoms with Gasteiger partial charge in [-0.15, -0.1) is 0 Å². The number of halogens is 1. The van der Waals surface area contributed by atoms with Crippen molar-refractivity contribution in [3.05, 3.63) is 76.8 Å². The third-order valence-electron chi connectivity index (χ3n) is 6.90. The number of nitrogens with zero attached hydrogens (tertiary/aromatic N) is 1. The summed E-state index contributed by atoms with van der Waals surface area (Å²) in [5.74, 6) is 0.284. The van der Waals surface area contributed by atoms with E-state index in [1.54, 1.807) is 6.07 Å². The largest absolute Gasteiger partial charge is 0.482 e. The highest BCUT2D eigenvalue weighted by Gasteiger charge is 2.38. The number of piperidine rings is 1. The van der Waals surface area contributed by atoms with Crippen molar-refractivity contribution in [1.82, 2.24) is 4.90 Å². The first-order valence-corrected chi connectivity index (χ1v) is 11.5. The van der Waals surface area contributed by atoms with Gasteiger partial charge in [-0.25, -0.2) is 4.39 Å². The van der Waals surface area contributed by atoms with Gasteiger partial charge in [0.2, 0.25) is 0 Å². The highest BCUT2D eigenvalue weighted by atomic mass is 19.1. The molecule has 0 aromatic heterocycles. The van der Waals surface area contributed by atoms with E-state index in [0.29, 0.717) is 28.5 Å². The number of ether oxygens (including phenoxy) is 1. The molecule has 1 saturated heterocycles. The number of amides is 1. The number of aliphatic hydroxyl groups is 1. The van der Waals surface area contributed by atoms with Gasteiger partial charge in [0.05, 0.1) is 11.3 Å². The molecule has 2 N–H and O–H groups in total. The second kappa shape index (κ2) is 8.43. The number of fused-ring (bicyclic) bond motifs is 1. The zero-order valence-electron chi connectivity index (χ0n) is 19.0. The van der Waals surface area contributed by atoms with E-state index in [1.165, 1.54) is 17.7 Å². The van der Waals surface area contributed by atoms with E-state index in [9.17, 15) is 14.3 Å². The minimum atomic E-state index is -0.598. The maximum absolute atomic E-state index is 13.6. The summed E-state index contributed by atoms with van der Waals surface area (Å²) in [4.78, 5) is 15.1. The molecule has 0 saturated carbocycles. The molecule has 0 aliphatic carbocycles. The van der Waals surface area contributed by atoms with E-state index in [0.717, 1.165) is 43.6 Å². The average Bonchev–Trinajstić information content (AvgIpc) is 3.28. The van der Waals surface area contributed by atoms with Crippen LogP contribution in [0.1, 0.15) is 43.4 Å². The van der Waals surface area contributed by atoms with Crippen molar-refractivity contribution < 1.29 is 19.0 Å². The molecule has 6 heteroatoms. The summed E-state index contributed by atoms with van der Waals surface area (Å²) in [6, 6.07) is 12.8. The molecule has 33 heavy (non-hydrogen) atoms. The minimum Gasteiger partial charge on any atom is -0.482 e. The van der Waals surface area contributed by atoms with Crippen LogP contribution in [0.5, 0.6) is 0 Å². The Hall–Kier alpha value is -2.96. The SMILES string of the molecule is CC1(C)OC(=C2C(=O)Nc3cc(F)ccc32)C=C1c1ccc(CN2CCC(CO)CC2)cc1. The van der Waals surface area contributed by atoms with E-state index < -0.39 is 5.60 Å². The third-order valence-corrected chi connectivity index (χ3v) is 6.90. The molecule has 3 aliphatic rings. The number of allylic oxidation sites excluding steroid dienone is 1. The van der Waals surface area contributed by atoms with Gasteiger partial charge in [-0.2, -0.15) is 0 Å². The van der Waals surface area contributed by atoms with Crippen molar-refractivity contribution in [3.63, 3.8) is 0 Å². The van der Waals surface area contributed by atoms with Crippen LogP contribution in [0, 0.1) is 11.7 Å². The second-order valence-corrected chi connectivity index (χ2v) is 9.65. The van der Waals surface area contributed by atoms with Gasteiger partial charge >= 0.3 is 0 Å². The number of nitrogens with one attached hydrogen (secondary N) is 1. The molecule has 0 bridgehead atoms. The van der Waals surface area contributed by atoms with E-state index in [4.69, 9.17) is 4.74 Å². The van der Waals surface area contributed by atoms with E-state index >= 15 is 0 Å². The van der Waals surface area contributed by atoms with Crippen molar-refractivity contribution in [2.75, 3.05) is 25.0 Å². The fraction of sp³-hybridized carbons (Fsp3) is 0.370. The Morgan fingerprint density at radius 2 is 1.88 bits per heavy atom. The summed E-state index contributed by atoms with van der Waals surface area (Å²) >= 11 is 0. The van der Waals surface area contributed by atoms with Crippen molar-refractivity contribution in [2.45, 2.75) is 38.8 Å². The smallest absolute Gasteiger partial charge is 0.260 e. The molecule has 0 atom stereocenters. The highest BCUT2D eigenvalue weighted by Crippen LogP contribution is 2.44. The summed E-state index contributed by atoms with van der Waals surface area (Å²) in [5.41, 5.74) is 4.28. The summed E-state index contributed by atoms with van der Waals surface area (Å²) in [6.45, 7) is 7.21. The number of benzene rings is 2. The van der Waals surface area contributed by atoms with Gasteiger partial charge in [0.15, 0.2) is 0 Å². The Labute approximate surface area is 193 Å². The molecule has 3 heterocycles. The molecule has 2 aromatic rings. The topological polar surface area (TPSA) is 61.8 Å². The molecule has 1 amide bonds. The summed E-state index contributed by atoms with van der Waals surface area (Å²) in [7, 11) is 0. The Bertz CT molecular complexity index is 1140. The molecule has 0 radical (unpaired) electrons. The van der Waals surface area contributed by atoms with Gasteiger partial charge in [0.25, 0.3) is 5.91 Å². The molecule has 1 fully saturated rings. The standard InChI is InChI=1S/C27H29FN2O3/c1-27(2)22(14-24(33-27)25-21-8-7-20(28)13-23(21)29-26(25)32)19-5-3-17(4-6-19)15-30-11-9-18(16-31)10-12-30/h3-8,13-14,18,31H,9-12,15-16H2,1-2H3,(H,29,32). The Morgan fingerprint density at radius 1 is 1.15 bits per heavy atom. The van der Waals surface area contributed by atoms with Crippen LogP contribution >= 0.6 is 0 Å². The third kappa shape index (κ3) is 4.21. The summed E-state index contributed by atoms with van der Waals surface area (Å²) in [6.07, 6.45) is 4.03. The monoisotopic (exact) mass is 448 g/mol. The Balaban J connectivity index is 1.39. The maximum Gasteiger partial charge on any atom is 0.260 e. The first kappa shape index (κ1) is 21.9. The van der Waals surface area contributed by atoms with Crippen LogP contribution in [0.15, 0.2) is 54.3 Å². The van der Waals surface area contributed by atoms with Crippen LogP contribution in [-0.4, -0.2) is 41.2 Å². The van der Waals surface area contributed by atoms with Gasteiger partial charge in [0.1, 0.15) is 17.2 Å². The first-order chi connectivity index (χ1) is 15.8. The number of carbonyl (C=O) groups is 1. The minimum absolute atomic E-state index is 0.279. The van der Waals surface area contributed by atoms with E-state index in [1.807, 2.05) is 19.9 Å². The molecule has 3 aliphatic heterocycles. The number of hydrogen-bond donors (Lipinski definition) is 2. The van der Waals surface area contributed by atoms with Crippen LogP contribution in [0.4, 0.5) is 10.1 Å². The Morgan fingerprint density at radius 3 is 2.58 bits per heavy atom. The maximum atomic E-state index is 13.6. The zero-order valence-corrected chi connectivity index (χ0v) is 19.0. The van der Waals surface area contributed by atoms with Crippen LogP contribution in [-0.2, 0) is 16.1 Å². The van der Waals surface area contributed by atoms with E-state index in [-0.39, 0.29) is 18.3 Å². The second-order valence-electron chi connectivity index (χ2n) is 9.65. The molecular formula is C27H29FN2O3. The molecule has 5 rings (SSSR count). The van der Waals surface area contributed by atoms with Gasteiger partial charge in [-0.3, -0.25) is 9.69 Å². The summed E-state index contributed by atoms with van der Waals surface area (Å²) < 4.78 is 19.8. The molecule has 172 valence electrons. The molecule has 0 spiro atoms. The number of likely N-dealkylation sites (tertiary alicyclic amines) is 1. The number of anilines is 1. The predicted octanol–water partition coefficient (Wildman–Crippen LogP) is 4.59. The van der Waals surface area contributed by atoms with E-state index in [2.05, 4.69) is 34.5 Å². The number of aliphatic hydroxyl groups excluding tert-OH is 1. The lowest BCUT2D eigenvalue weighted by Gasteiger charge is -2.31. The molecular weight excluding hydrogens is 419 g/mol. The fourth-order valence-corrected chi connectivity index (χ4v) is 4.98. The molecule has 2 aromatic carbocycles. The normalized spacial score (nSPS) is 22.7. The lowest BCUT2D eigenvalue weighted by molar-refractivity contribution is -0.111.